The number of aliphatic carboxylic acids is 1. The molecule has 1 aliphatic heterocycles. The first-order chi connectivity index (χ1) is 20.5. The molecule has 2 N–H and O–H groups in total. The SMILES string of the molecule is COc1ccc(C(=O)/C(Cc2cc(OC)c(OC)c(OCCCS(=O)(=O)O)c2)=C(/C(=O)O)c2ccc3c(c2)OCO3)cc1. The van der Waals surface area contributed by atoms with Gasteiger partial charge in [-0.2, -0.15) is 8.42 Å². The molecule has 3 aromatic rings. The highest BCUT2D eigenvalue weighted by Crippen LogP contribution is 2.40. The molecule has 0 fully saturated rings. The Labute approximate surface area is 248 Å². The lowest BCUT2D eigenvalue weighted by atomic mass is 9.89. The second-order valence-corrected chi connectivity index (χ2v) is 10.9. The van der Waals surface area contributed by atoms with Crippen LogP contribution in [0.15, 0.2) is 60.2 Å². The second-order valence-electron chi connectivity index (χ2n) is 9.28. The van der Waals surface area contributed by atoms with E-state index in [1.54, 1.807) is 42.5 Å². The lowest BCUT2D eigenvalue weighted by Gasteiger charge is -2.18. The smallest absolute Gasteiger partial charge is 0.336 e. The van der Waals surface area contributed by atoms with E-state index in [0.717, 1.165) is 0 Å². The number of allylic oxidation sites excluding steroid dienone is 1. The molecular formula is C30H30O12S. The Hall–Kier alpha value is -4.75. The number of hydrogen-bond acceptors (Lipinski definition) is 10. The van der Waals surface area contributed by atoms with Gasteiger partial charge in [0.2, 0.25) is 12.5 Å². The number of benzene rings is 3. The second kappa shape index (κ2) is 13.5. The standard InChI is InChI=1S/C30H30O12S/c1-37-21-8-5-19(6-9-21)28(31)22(27(30(32)33)20-7-10-23-24(16-20)42-17-41-23)13-18-14-25(38-2)29(39-3)26(15-18)40-11-4-12-43(34,35)36/h5-10,14-16H,4,11-13,17H2,1-3H3,(H,32,33)(H,34,35,36)/b27-22+. The van der Waals surface area contributed by atoms with Crippen molar-refractivity contribution in [2.45, 2.75) is 12.8 Å². The minimum absolute atomic E-state index is 0.0110. The average molecular weight is 615 g/mol. The van der Waals surface area contributed by atoms with Crippen LogP contribution >= 0.6 is 0 Å². The Kier molecular flexibility index (Phi) is 9.78. The van der Waals surface area contributed by atoms with E-state index in [9.17, 15) is 23.1 Å². The summed E-state index contributed by atoms with van der Waals surface area (Å²) in [6.07, 6.45) is -0.175. The summed E-state index contributed by atoms with van der Waals surface area (Å²) in [5.74, 6) is -0.449. The summed E-state index contributed by atoms with van der Waals surface area (Å²) in [5.41, 5.74) is 0.623. The summed E-state index contributed by atoms with van der Waals surface area (Å²) in [4.78, 5) is 26.8. The van der Waals surface area contributed by atoms with Gasteiger partial charge in [-0.1, -0.05) is 6.07 Å². The molecule has 43 heavy (non-hydrogen) atoms. The number of rotatable bonds is 14. The van der Waals surface area contributed by atoms with Gasteiger partial charge in [0.25, 0.3) is 10.1 Å². The first kappa shape index (κ1) is 31.2. The van der Waals surface area contributed by atoms with E-state index in [1.807, 2.05) is 0 Å². The average Bonchev–Trinajstić information content (AvgIpc) is 3.46. The molecule has 13 heteroatoms. The molecule has 0 unspecified atom stereocenters. The van der Waals surface area contributed by atoms with Crippen molar-refractivity contribution >= 4 is 27.4 Å². The van der Waals surface area contributed by atoms with Crippen LogP contribution in [0.25, 0.3) is 5.57 Å². The molecule has 4 rings (SSSR count). The fraction of sp³-hybridized carbons (Fsp3) is 0.267. The van der Waals surface area contributed by atoms with E-state index >= 15 is 0 Å². The molecule has 0 atom stereocenters. The highest BCUT2D eigenvalue weighted by atomic mass is 32.2. The van der Waals surface area contributed by atoms with Crippen LogP contribution in [0.2, 0.25) is 0 Å². The summed E-state index contributed by atoms with van der Waals surface area (Å²) < 4.78 is 63.9. The van der Waals surface area contributed by atoms with Gasteiger partial charge in [0.1, 0.15) is 5.75 Å². The van der Waals surface area contributed by atoms with Crippen molar-refractivity contribution in [3.05, 3.63) is 76.9 Å². The Morgan fingerprint density at radius 2 is 1.53 bits per heavy atom. The number of carboxylic acid groups (broad SMARTS) is 1. The van der Waals surface area contributed by atoms with Crippen LogP contribution in [0.4, 0.5) is 0 Å². The zero-order chi connectivity index (χ0) is 31.1. The van der Waals surface area contributed by atoms with Crippen molar-refractivity contribution in [2.24, 2.45) is 0 Å². The summed E-state index contributed by atoms with van der Waals surface area (Å²) in [7, 11) is 0.104. The van der Waals surface area contributed by atoms with Crippen LogP contribution < -0.4 is 28.4 Å². The van der Waals surface area contributed by atoms with Crippen molar-refractivity contribution in [3.63, 3.8) is 0 Å². The maximum Gasteiger partial charge on any atom is 0.336 e. The van der Waals surface area contributed by atoms with Gasteiger partial charge >= 0.3 is 5.97 Å². The fourth-order valence-electron chi connectivity index (χ4n) is 4.50. The minimum atomic E-state index is -4.18. The molecule has 1 heterocycles. The molecule has 0 spiro atoms. The molecule has 1 aliphatic rings. The molecule has 0 saturated carbocycles. The topological polar surface area (TPSA) is 164 Å². The van der Waals surface area contributed by atoms with Gasteiger partial charge in [0, 0.05) is 17.6 Å². The third kappa shape index (κ3) is 7.56. The Morgan fingerprint density at radius 1 is 0.860 bits per heavy atom. The van der Waals surface area contributed by atoms with Crippen LogP contribution in [-0.4, -0.2) is 70.3 Å². The zero-order valence-corrected chi connectivity index (χ0v) is 24.4. The molecule has 0 aromatic heterocycles. The highest BCUT2D eigenvalue weighted by molar-refractivity contribution is 7.85. The summed E-state index contributed by atoms with van der Waals surface area (Å²) in [6, 6.07) is 14.0. The number of ketones is 1. The van der Waals surface area contributed by atoms with Gasteiger partial charge in [-0.25, -0.2) is 4.79 Å². The third-order valence-electron chi connectivity index (χ3n) is 6.49. The molecule has 0 radical (unpaired) electrons. The van der Waals surface area contributed by atoms with E-state index in [-0.39, 0.29) is 65.8 Å². The first-order valence-corrected chi connectivity index (χ1v) is 14.5. The third-order valence-corrected chi connectivity index (χ3v) is 7.30. The van der Waals surface area contributed by atoms with E-state index in [0.29, 0.717) is 22.8 Å². The van der Waals surface area contributed by atoms with E-state index in [1.165, 1.54) is 33.5 Å². The molecule has 228 valence electrons. The van der Waals surface area contributed by atoms with Gasteiger partial charge in [-0.15, -0.1) is 0 Å². The Balaban J connectivity index is 1.82. The lowest BCUT2D eigenvalue weighted by molar-refractivity contribution is -0.130. The Bertz CT molecular complexity index is 1640. The van der Waals surface area contributed by atoms with Crippen molar-refractivity contribution in [3.8, 4) is 34.5 Å². The summed E-state index contributed by atoms with van der Waals surface area (Å²) >= 11 is 0. The maximum absolute atomic E-state index is 14.0. The van der Waals surface area contributed by atoms with Gasteiger partial charge in [0.05, 0.1) is 39.3 Å². The summed E-state index contributed by atoms with van der Waals surface area (Å²) in [6.45, 7) is -0.102. The molecular weight excluding hydrogens is 584 g/mol. The monoisotopic (exact) mass is 614 g/mol. The lowest BCUT2D eigenvalue weighted by Crippen LogP contribution is -2.14. The van der Waals surface area contributed by atoms with E-state index in [4.69, 9.17) is 33.0 Å². The summed E-state index contributed by atoms with van der Waals surface area (Å²) in [5, 5.41) is 10.4. The molecule has 0 saturated heterocycles. The van der Waals surface area contributed by atoms with Crippen LogP contribution in [0.5, 0.6) is 34.5 Å². The van der Waals surface area contributed by atoms with Crippen molar-refractivity contribution in [2.75, 3.05) is 40.5 Å². The largest absolute Gasteiger partial charge is 0.497 e. The van der Waals surface area contributed by atoms with Gasteiger partial charge < -0.3 is 33.5 Å². The number of carboxylic acids is 1. The predicted octanol–water partition coefficient (Wildman–Crippen LogP) is 4.06. The minimum Gasteiger partial charge on any atom is -0.497 e. The van der Waals surface area contributed by atoms with Crippen molar-refractivity contribution < 1.29 is 56.1 Å². The van der Waals surface area contributed by atoms with Crippen LogP contribution in [0.3, 0.4) is 0 Å². The molecule has 0 aliphatic carbocycles. The van der Waals surface area contributed by atoms with Gasteiger partial charge in [-0.3, -0.25) is 9.35 Å². The van der Waals surface area contributed by atoms with Crippen molar-refractivity contribution in [1.29, 1.82) is 0 Å². The van der Waals surface area contributed by atoms with Crippen LogP contribution in [-0.2, 0) is 21.3 Å². The molecule has 3 aromatic carbocycles. The van der Waals surface area contributed by atoms with E-state index in [2.05, 4.69) is 0 Å². The Morgan fingerprint density at radius 3 is 2.16 bits per heavy atom. The number of carbonyl (C=O) groups excluding carboxylic acids is 1. The molecule has 0 bridgehead atoms. The maximum atomic E-state index is 14.0. The highest BCUT2D eigenvalue weighted by Gasteiger charge is 2.27. The zero-order valence-electron chi connectivity index (χ0n) is 23.6. The number of fused-ring (bicyclic) bond motifs is 1. The fourth-order valence-corrected chi connectivity index (χ4v) is 4.98. The van der Waals surface area contributed by atoms with Crippen molar-refractivity contribution in [1.82, 2.24) is 0 Å². The number of methoxy groups -OCH3 is 3. The predicted molar refractivity (Wildman–Crippen MR) is 154 cm³/mol. The van der Waals surface area contributed by atoms with Gasteiger partial charge in [-0.05, 0) is 66.1 Å². The first-order valence-electron chi connectivity index (χ1n) is 12.9. The van der Waals surface area contributed by atoms with Crippen LogP contribution in [0, 0.1) is 0 Å². The van der Waals surface area contributed by atoms with E-state index < -0.39 is 27.6 Å². The normalized spacial score (nSPS) is 12.7. The molecule has 0 amide bonds. The molecule has 12 nitrogen and oxygen atoms in total. The number of carbonyl (C=O) groups is 2. The quantitative estimate of drug-likeness (QED) is 0.116. The van der Waals surface area contributed by atoms with Gasteiger partial charge in [0.15, 0.2) is 28.8 Å². The number of ether oxygens (including phenoxy) is 6. The number of Topliss-reactive ketones (excluding diaryl/α,β-unsaturated/α-hetero) is 1. The number of hydrogen-bond donors (Lipinski definition) is 2. The van der Waals surface area contributed by atoms with Crippen LogP contribution in [0.1, 0.15) is 27.9 Å².